The fourth-order valence-electron chi connectivity index (χ4n) is 8.55. The topological polar surface area (TPSA) is 79.3 Å². The third-order valence-electron chi connectivity index (χ3n) is 10.2. The Morgan fingerprint density at radius 2 is 1.98 bits per heavy atom. The van der Waals surface area contributed by atoms with Crippen molar-refractivity contribution in [3.63, 3.8) is 0 Å². The van der Waals surface area contributed by atoms with Crippen LogP contribution in [0.2, 0.25) is 0 Å². The van der Waals surface area contributed by atoms with E-state index in [1.165, 1.54) is 19.8 Å². The molecule has 2 aromatic rings. The molecule has 42 heavy (non-hydrogen) atoms. The van der Waals surface area contributed by atoms with Crippen LogP contribution in [0.15, 0.2) is 36.4 Å². The van der Waals surface area contributed by atoms with Crippen molar-refractivity contribution in [1.82, 2.24) is 9.80 Å². The number of amides is 1. The molecule has 1 amide bonds. The Labute approximate surface area is 248 Å². The summed E-state index contributed by atoms with van der Waals surface area (Å²) >= 11 is 0. The summed E-state index contributed by atoms with van der Waals surface area (Å²) in [5.41, 5.74) is 2.47. The zero-order valence-corrected chi connectivity index (χ0v) is 24.8. The first-order chi connectivity index (χ1) is 20.3. The summed E-state index contributed by atoms with van der Waals surface area (Å²) in [6, 6.07) is 11.3. The largest absolute Gasteiger partial charge is 0.504 e. The Kier molecular flexibility index (Phi) is 6.73. The lowest BCUT2D eigenvalue weighted by atomic mass is 9.50. The van der Waals surface area contributed by atoms with Gasteiger partial charge in [0.05, 0.1) is 6.04 Å². The van der Waals surface area contributed by atoms with Crippen LogP contribution in [0.3, 0.4) is 0 Å². The maximum atomic E-state index is 13.9. The van der Waals surface area contributed by atoms with Gasteiger partial charge >= 0.3 is 5.97 Å². The maximum absolute atomic E-state index is 13.9. The first-order valence-electron chi connectivity index (χ1n) is 15.6. The molecule has 7 heteroatoms. The molecular weight excluding hydrogens is 528 g/mol. The summed E-state index contributed by atoms with van der Waals surface area (Å²) in [6.07, 6.45) is 5.79. The van der Waals surface area contributed by atoms with Crippen LogP contribution < -0.4 is 9.47 Å². The van der Waals surface area contributed by atoms with Crippen LogP contribution in [-0.4, -0.2) is 64.6 Å². The Hall–Kier alpha value is -3.50. The molecule has 3 fully saturated rings. The highest BCUT2D eigenvalue weighted by atomic mass is 16.5. The summed E-state index contributed by atoms with van der Waals surface area (Å²) in [5.74, 6) is 7.78. The van der Waals surface area contributed by atoms with E-state index in [1.54, 1.807) is 6.07 Å². The van der Waals surface area contributed by atoms with Gasteiger partial charge in [0, 0.05) is 60.1 Å². The predicted molar refractivity (Wildman–Crippen MR) is 158 cm³/mol. The fraction of sp³-hybridized carbons (Fsp3) is 0.543. The summed E-state index contributed by atoms with van der Waals surface area (Å²) in [4.78, 5) is 30.6. The zero-order chi connectivity index (χ0) is 29.2. The number of carbonyl (C=O) groups excluding carboxylic acids is 2. The minimum atomic E-state index is -0.395. The predicted octanol–water partition coefficient (Wildman–Crippen LogP) is 4.67. The number of hydrogen-bond donors (Lipinski definition) is 1. The van der Waals surface area contributed by atoms with E-state index < -0.39 is 5.97 Å². The van der Waals surface area contributed by atoms with Crippen LogP contribution in [0.1, 0.15) is 69.6 Å². The number of carbonyl (C=O) groups is 2. The number of hydrogen-bond acceptors (Lipinski definition) is 6. The molecular formula is C35H40N2O5. The van der Waals surface area contributed by atoms with Crippen molar-refractivity contribution in [2.24, 2.45) is 17.8 Å². The second-order valence-corrected chi connectivity index (χ2v) is 13.4. The van der Waals surface area contributed by atoms with Crippen LogP contribution in [0, 0.1) is 29.6 Å². The average molecular weight is 569 g/mol. The van der Waals surface area contributed by atoms with Crippen LogP contribution in [-0.2, 0) is 21.4 Å². The van der Waals surface area contributed by atoms with Gasteiger partial charge < -0.3 is 19.5 Å². The standard InChI is InChI=1S/C35H40N2O5/c1-21(2)19-37(31(40)14-11-23-7-5-4-6-8-23)27-13-12-26-28-17-25-30(41-22(3)38)18-29(39)33-32(25)35(26,34(27)42-33)15-16-36(28)20-24-9-10-24/h4-8,18,21,24,26-28,34,39H,9-10,12-13,15-17,19-20H2,1-3H3/t26-,27+,28+,34-,35-/m0/s1. The molecule has 3 aliphatic carbocycles. The van der Waals surface area contributed by atoms with Crippen molar-refractivity contribution < 1.29 is 24.2 Å². The second kappa shape index (κ2) is 10.3. The average Bonchev–Trinajstić information content (AvgIpc) is 3.71. The van der Waals surface area contributed by atoms with Crippen molar-refractivity contribution >= 4 is 11.9 Å². The highest BCUT2D eigenvalue weighted by Gasteiger charge is 2.67. The van der Waals surface area contributed by atoms with Gasteiger partial charge in [0.2, 0.25) is 0 Å². The number of esters is 1. The molecule has 2 aromatic carbocycles. The van der Waals surface area contributed by atoms with Gasteiger partial charge in [0.15, 0.2) is 11.5 Å². The number of rotatable bonds is 6. The molecule has 1 spiro atoms. The number of likely N-dealkylation sites (tertiary alicyclic amines) is 1. The van der Waals surface area contributed by atoms with Crippen LogP contribution in [0.4, 0.5) is 0 Å². The normalized spacial score (nSPS) is 28.8. The molecule has 0 unspecified atom stereocenters. The molecule has 2 aliphatic heterocycles. The molecule has 0 radical (unpaired) electrons. The lowest BCUT2D eigenvalue weighted by molar-refractivity contribution is -0.138. The number of aromatic hydroxyl groups is 1. The molecule has 7 nitrogen and oxygen atoms in total. The molecule has 1 saturated heterocycles. The molecule has 2 bridgehead atoms. The highest BCUT2D eigenvalue weighted by Crippen LogP contribution is 2.65. The van der Waals surface area contributed by atoms with E-state index in [-0.39, 0.29) is 35.1 Å². The van der Waals surface area contributed by atoms with Gasteiger partial charge in [-0.15, -0.1) is 0 Å². The Balaban J connectivity index is 1.31. The van der Waals surface area contributed by atoms with Crippen molar-refractivity contribution in [3.8, 4) is 29.1 Å². The van der Waals surface area contributed by atoms with Crippen LogP contribution in [0.25, 0.3) is 0 Å². The molecule has 5 atom stereocenters. The summed E-state index contributed by atoms with van der Waals surface area (Å²) in [5, 5.41) is 11.2. The lowest BCUT2D eigenvalue weighted by Crippen LogP contribution is -2.69. The smallest absolute Gasteiger partial charge is 0.308 e. The van der Waals surface area contributed by atoms with Gasteiger partial charge in [-0.25, -0.2) is 0 Å². The molecule has 2 saturated carbocycles. The Morgan fingerprint density at radius 3 is 2.69 bits per heavy atom. The van der Waals surface area contributed by atoms with Crippen molar-refractivity contribution in [1.29, 1.82) is 0 Å². The second-order valence-electron chi connectivity index (χ2n) is 13.4. The molecule has 7 rings (SSSR count). The quantitative estimate of drug-likeness (QED) is 0.310. The molecule has 1 N–H and O–H groups in total. The first kappa shape index (κ1) is 27.3. The Morgan fingerprint density at radius 1 is 1.19 bits per heavy atom. The molecule has 2 heterocycles. The minimum absolute atomic E-state index is 0.00994. The van der Waals surface area contributed by atoms with E-state index in [9.17, 15) is 14.7 Å². The lowest BCUT2D eigenvalue weighted by Gasteiger charge is -2.60. The van der Waals surface area contributed by atoms with Gasteiger partial charge in [0.25, 0.3) is 5.91 Å². The van der Waals surface area contributed by atoms with E-state index in [2.05, 4.69) is 30.6 Å². The third kappa shape index (κ3) is 4.46. The van der Waals surface area contributed by atoms with Gasteiger partial charge in [-0.1, -0.05) is 38.0 Å². The van der Waals surface area contributed by atoms with Crippen LogP contribution >= 0.6 is 0 Å². The number of benzene rings is 2. The number of phenols is 1. The SMILES string of the molecule is CC(=O)Oc1cc(O)c2c3c1C[C@@H]1[C@@H]4CC[C@@H](N(CC(C)C)C(=O)C#Cc5ccccc5)[C@H](O2)[C@]34CCN1CC1CC1. The van der Waals surface area contributed by atoms with E-state index >= 15 is 0 Å². The van der Waals surface area contributed by atoms with Gasteiger partial charge in [0.1, 0.15) is 11.9 Å². The van der Waals surface area contributed by atoms with Gasteiger partial charge in [-0.3, -0.25) is 14.5 Å². The van der Waals surface area contributed by atoms with E-state index in [0.717, 1.165) is 61.4 Å². The van der Waals surface area contributed by atoms with E-state index in [4.69, 9.17) is 9.47 Å². The number of phenolic OH excluding ortho intramolecular Hbond substituents is 1. The third-order valence-corrected chi connectivity index (χ3v) is 10.2. The van der Waals surface area contributed by atoms with Crippen molar-refractivity contribution in [3.05, 3.63) is 53.1 Å². The fourth-order valence-corrected chi connectivity index (χ4v) is 8.55. The minimum Gasteiger partial charge on any atom is -0.504 e. The monoisotopic (exact) mass is 568 g/mol. The molecule has 0 aromatic heterocycles. The molecule has 5 aliphatic rings. The van der Waals surface area contributed by atoms with Crippen LogP contribution in [0.5, 0.6) is 17.2 Å². The molecule has 220 valence electrons. The number of nitrogens with zero attached hydrogens (tertiary/aromatic N) is 2. The van der Waals surface area contributed by atoms with E-state index in [0.29, 0.717) is 30.0 Å². The zero-order valence-electron chi connectivity index (χ0n) is 24.8. The Bertz CT molecular complexity index is 1470. The van der Waals surface area contributed by atoms with Crippen molar-refractivity contribution in [2.45, 2.75) is 82.9 Å². The highest BCUT2D eigenvalue weighted by molar-refractivity contribution is 5.94. The number of ether oxygens (including phenoxy) is 2. The van der Waals surface area contributed by atoms with Crippen molar-refractivity contribution in [2.75, 3.05) is 19.6 Å². The van der Waals surface area contributed by atoms with Gasteiger partial charge in [-0.2, -0.15) is 0 Å². The van der Waals surface area contributed by atoms with Gasteiger partial charge in [-0.05, 0) is 75.0 Å². The summed E-state index contributed by atoms with van der Waals surface area (Å²) in [7, 11) is 0. The number of piperidine rings is 1. The van der Waals surface area contributed by atoms with E-state index in [1.807, 2.05) is 35.2 Å². The summed E-state index contributed by atoms with van der Waals surface area (Å²) < 4.78 is 12.6. The first-order valence-corrected chi connectivity index (χ1v) is 15.6. The maximum Gasteiger partial charge on any atom is 0.308 e. The summed E-state index contributed by atoms with van der Waals surface area (Å²) in [6.45, 7) is 8.32.